The molecule has 1 aromatic carbocycles. The van der Waals surface area contributed by atoms with E-state index in [4.69, 9.17) is 5.26 Å². The lowest BCUT2D eigenvalue weighted by molar-refractivity contribution is 0.356. The van der Waals surface area contributed by atoms with Crippen molar-refractivity contribution >= 4 is 11.4 Å². The molecule has 0 amide bonds. The fourth-order valence-electron chi connectivity index (χ4n) is 2.04. The van der Waals surface area contributed by atoms with Crippen molar-refractivity contribution in [3.8, 4) is 6.07 Å². The molecule has 94 valence electrons. The first-order valence-electron chi connectivity index (χ1n) is 5.96. The molecule has 0 saturated heterocycles. The van der Waals surface area contributed by atoms with Gasteiger partial charge in [-0.1, -0.05) is 6.58 Å². The van der Waals surface area contributed by atoms with Crippen LogP contribution in [0.5, 0.6) is 0 Å². The minimum Gasteiger partial charge on any atom is -0.388 e. The Labute approximate surface area is 106 Å². The van der Waals surface area contributed by atoms with Gasteiger partial charge in [-0.25, -0.2) is 4.39 Å². The largest absolute Gasteiger partial charge is 0.388 e. The van der Waals surface area contributed by atoms with Crippen LogP contribution in [0.4, 0.5) is 10.1 Å². The third-order valence-corrected chi connectivity index (χ3v) is 3.40. The fraction of sp³-hybridized carbons (Fsp3) is 0.357. The number of hydrogen-bond acceptors (Lipinski definition) is 3. The lowest BCUT2D eigenvalue weighted by Gasteiger charge is -2.36. The van der Waals surface area contributed by atoms with E-state index in [1.54, 1.807) is 19.2 Å². The van der Waals surface area contributed by atoms with E-state index in [1.165, 1.54) is 6.07 Å². The summed E-state index contributed by atoms with van der Waals surface area (Å²) >= 11 is 0. The summed E-state index contributed by atoms with van der Waals surface area (Å²) in [6.07, 6.45) is 2.67. The SMILES string of the molecule is C=C(NC)c1ccc(NC2(C#N)CCC2)cc1F. The van der Waals surface area contributed by atoms with Crippen molar-refractivity contribution < 1.29 is 4.39 Å². The minimum atomic E-state index is -0.506. The van der Waals surface area contributed by atoms with Gasteiger partial charge in [-0.15, -0.1) is 0 Å². The van der Waals surface area contributed by atoms with Gasteiger partial charge in [-0.05, 0) is 37.5 Å². The van der Waals surface area contributed by atoms with Crippen LogP contribution in [0.2, 0.25) is 0 Å². The molecule has 0 radical (unpaired) electrons. The zero-order chi connectivity index (χ0) is 13.2. The minimum absolute atomic E-state index is 0.341. The first-order valence-corrected chi connectivity index (χ1v) is 5.96. The van der Waals surface area contributed by atoms with Gasteiger partial charge in [0.25, 0.3) is 0 Å². The molecule has 0 bridgehead atoms. The van der Waals surface area contributed by atoms with Gasteiger partial charge < -0.3 is 10.6 Å². The molecular weight excluding hydrogens is 229 g/mol. The van der Waals surface area contributed by atoms with Gasteiger partial charge in [0.05, 0.1) is 6.07 Å². The molecule has 18 heavy (non-hydrogen) atoms. The second-order valence-corrected chi connectivity index (χ2v) is 4.60. The molecule has 4 heteroatoms. The first-order chi connectivity index (χ1) is 8.60. The van der Waals surface area contributed by atoms with Crippen LogP contribution in [0.25, 0.3) is 5.70 Å². The van der Waals surface area contributed by atoms with Gasteiger partial charge in [-0.2, -0.15) is 5.26 Å². The Morgan fingerprint density at radius 3 is 2.67 bits per heavy atom. The monoisotopic (exact) mass is 245 g/mol. The molecule has 0 atom stereocenters. The highest BCUT2D eigenvalue weighted by atomic mass is 19.1. The molecule has 1 aromatic rings. The van der Waals surface area contributed by atoms with Crippen molar-refractivity contribution in [2.75, 3.05) is 12.4 Å². The summed E-state index contributed by atoms with van der Waals surface area (Å²) in [4.78, 5) is 0. The molecule has 3 nitrogen and oxygen atoms in total. The molecule has 0 unspecified atom stereocenters. The molecule has 2 N–H and O–H groups in total. The maximum absolute atomic E-state index is 13.9. The quantitative estimate of drug-likeness (QED) is 0.857. The van der Waals surface area contributed by atoms with Crippen molar-refractivity contribution in [1.82, 2.24) is 5.32 Å². The Kier molecular flexibility index (Phi) is 3.24. The van der Waals surface area contributed by atoms with Gasteiger partial charge in [0, 0.05) is 24.0 Å². The third kappa shape index (κ3) is 2.17. The molecule has 2 rings (SSSR count). The Bertz CT molecular complexity index is 512. The molecule has 0 aliphatic heterocycles. The normalized spacial score (nSPS) is 16.3. The first kappa shape index (κ1) is 12.4. The number of halogens is 1. The lowest BCUT2D eigenvalue weighted by atomic mass is 9.78. The van der Waals surface area contributed by atoms with Crippen LogP contribution < -0.4 is 10.6 Å². The fourth-order valence-corrected chi connectivity index (χ4v) is 2.04. The van der Waals surface area contributed by atoms with Crippen LogP contribution in [-0.4, -0.2) is 12.6 Å². The average molecular weight is 245 g/mol. The van der Waals surface area contributed by atoms with E-state index in [0.717, 1.165) is 19.3 Å². The maximum atomic E-state index is 13.9. The van der Waals surface area contributed by atoms with Crippen molar-refractivity contribution in [3.63, 3.8) is 0 Å². The second-order valence-electron chi connectivity index (χ2n) is 4.60. The number of nitrogens with one attached hydrogen (secondary N) is 2. The van der Waals surface area contributed by atoms with Crippen LogP contribution in [0, 0.1) is 17.1 Å². The Morgan fingerprint density at radius 2 is 2.22 bits per heavy atom. The molecule has 1 aliphatic carbocycles. The standard InChI is InChI=1S/C14H16FN3/c1-10(17-2)12-5-4-11(8-13(12)15)18-14(9-16)6-3-7-14/h4-5,8,17-18H,1,3,6-7H2,2H3. The Morgan fingerprint density at radius 1 is 1.50 bits per heavy atom. The topological polar surface area (TPSA) is 47.8 Å². The summed E-state index contributed by atoms with van der Waals surface area (Å²) in [7, 11) is 1.70. The number of anilines is 1. The van der Waals surface area contributed by atoms with Crippen molar-refractivity contribution in [3.05, 3.63) is 36.2 Å². The van der Waals surface area contributed by atoms with Crippen LogP contribution in [0.15, 0.2) is 24.8 Å². The predicted octanol–water partition coefficient (Wildman–Crippen LogP) is 2.87. The van der Waals surface area contributed by atoms with Crippen molar-refractivity contribution in [2.24, 2.45) is 0 Å². The van der Waals surface area contributed by atoms with Gasteiger partial charge in [0.15, 0.2) is 0 Å². The number of rotatable bonds is 4. The van der Waals surface area contributed by atoms with E-state index in [2.05, 4.69) is 23.3 Å². The highest BCUT2D eigenvalue weighted by molar-refractivity contribution is 5.65. The van der Waals surface area contributed by atoms with Crippen molar-refractivity contribution in [1.29, 1.82) is 5.26 Å². The molecule has 1 aliphatic rings. The van der Waals surface area contributed by atoms with Crippen LogP contribution in [0.3, 0.4) is 0 Å². The Balaban J connectivity index is 2.19. The highest BCUT2D eigenvalue weighted by Gasteiger charge is 2.37. The summed E-state index contributed by atoms with van der Waals surface area (Å²) in [5.41, 5.74) is 1.12. The summed E-state index contributed by atoms with van der Waals surface area (Å²) in [5, 5.41) is 15.0. The van der Waals surface area contributed by atoms with Gasteiger partial charge in [-0.3, -0.25) is 0 Å². The smallest absolute Gasteiger partial charge is 0.134 e. The van der Waals surface area contributed by atoms with E-state index in [-0.39, 0.29) is 5.82 Å². The molecule has 0 aromatic heterocycles. The van der Waals surface area contributed by atoms with Crippen LogP contribution in [-0.2, 0) is 0 Å². The average Bonchev–Trinajstić information content (AvgIpc) is 2.33. The molecule has 0 heterocycles. The van der Waals surface area contributed by atoms with E-state index < -0.39 is 5.54 Å². The summed E-state index contributed by atoms with van der Waals surface area (Å²) in [6, 6.07) is 7.12. The number of nitrogens with zero attached hydrogens (tertiary/aromatic N) is 1. The number of benzene rings is 1. The van der Waals surface area contributed by atoms with E-state index in [0.29, 0.717) is 16.9 Å². The molecule has 1 saturated carbocycles. The molecule has 1 fully saturated rings. The molecule has 0 spiro atoms. The summed E-state index contributed by atoms with van der Waals surface area (Å²) in [6.45, 7) is 3.73. The van der Waals surface area contributed by atoms with Crippen LogP contribution in [0.1, 0.15) is 24.8 Å². The van der Waals surface area contributed by atoms with E-state index >= 15 is 0 Å². The van der Waals surface area contributed by atoms with Gasteiger partial charge in [0.1, 0.15) is 11.4 Å². The van der Waals surface area contributed by atoms with Gasteiger partial charge in [0.2, 0.25) is 0 Å². The second kappa shape index (κ2) is 4.69. The lowest BCUT2D eigenvalue weighted by Crippen LogP contribution is -2.43. The summed E-state index contributed by atoms with van der Waals surface area (Å²) < 4.78 is 13.9. The number of hydrogen-bond donors (Lipinski definition) is 2. The summed E-state index contributed by atoms with van der Waals surface area (Å²) in [5.74, 6) is -0.341. The van der Waals surface area contributed by atoms with Crippen LogP contribution >= 0.6 is 0 Å². The zero-order valence-corrected chi connectivity index (χ0v) is 10.4. The van der Waals surface area contributed by atoms with Crippen molar-refractivity contribution in [2.45, 2.75) is 24.8 Å². The highest BCUT2D eigenvalue weighted by Crippen LogP contribution is 2.35. The maximum Gasteiger partial charge on any atom is 0.134 e. The Hall–Kier alpha value is -2.02. The zero-order valence-electron chi connectivity index (χ0n) is 10.4. The molecular formula is C14H16FN3. The third-order valence-electron chi connectivity index (χ3n) is 3.40. The number of nitriles is 1. The van der Waals surface area contributed by atoms with E-state index in [9.17, 15) is 4.39 Å². The van der Waals surface area contributed by atoms with Gasteiger partial charge >= 0.3 is 0 Å². The van der Waals surface area contributed by atoms with E-state index in [1.807, 2.05) is 0 Å². The predicted molar refractivity (Wildman–Crippen MR) is 70.3 cm³/mol.